The van der Waals surface area contributed by atoms with Crippen molar-refractivity contribution in [3.63, 3.8) is 0 Å². The van der Waals surface area contributed by atoms with Crippen molar-refractivity contribution in [2.45, 2.75) is 18.2 Å². The zero-order valence-electron chi connectivity index (χ0n) is 11.6. The number of nitrogens with one attached hydrogen (secondary N) is 1. The second-order valence-electron chi connectivity index (χ2n) is 4.33. The van der Waals surface area contributed by atoms with Gasteiger partial charge in [-0.05, 0) is 18.6 Å². The smallest absolute Gasteiger partial charge is 0.240 e. The van der Waals surface area contributed by atoms with E-state index in [0.717, 1.165) is 6.42 Å². The van der Waals surface area contributed by atoms with Crippen LogP contribution in [0.4, 0.5) is 11.4 Å². The molecule has 1 rings (SSSR count). The molecule has 0 atom stereocenters. The van der Waals surface area contributed by atoms with Crippen molar-refractivity contribution in [2.24, 2.45) is 5.14 Å². The van der Waals surface area contributed by atoms with Gasteiger partial charge in [-0.2, -0.15) is 0 Å². The molecule has 0 fully saturated rings. The van der Waals surface area contributed by atoms with Gasteiger partial charge in [-0.25, -0.2) is 13.6 Å². The standard InChI is InChI=1S/C12H20N4O3S/c1-3-7-16(8-11(17)15-2)9-5-4-6-10(12(9)13)20(14,18)19/h4-6H,3,7-8,13H2,1-2H3,(H,15,17)(H2,14,18,19). The maximum atomic E-state index is 11.5. The Morgan fingerprint density at radius 2 is 2.05 bits per heavy atom. The van der Waals surface area contributed by atoms with E-state index in [-0.39, 0.29) is 23.0 Å². The van der Waals surface area contributed by atoms with Crippen molar-refractivity contribution in [2.75, 3.05) is 30.8 Å². The number of para-hydroxylation sites is 1. The number of amides is 1. The van der Waals surface area contributed by atoms with Gasteiger partial charge < -0.3 is 16.0 Å². The second-order valence-corrected chi connectivity index (χ2v) is 5.86. The maximum absolute atomic E-state index is 11.5. The Morgan fingerprint density at radius 3 is 2.55 bits per heavy atom. The van der Waals surface area contributed by atoms with E-state index in [1.54, 1.807) is 17.0 Å². The highest BCUT2D eigenvalue weighted by Crippen LogP contribution is 2.29. The van der Waals surface area contributed by atoms with Gasteiger partial charge in [0, 0.05) is 13.6 Å². The summed E-state index contributed by atoms with van der Waals surface area (Å²) in [5.74, 6) is -0.182. The average molecular weight is 300 g/mol. The zero-order chi connectivity index (χ0) is 15.3. The Morgan fingerprint density at radius 1 is 1.40 bits per heavy atom. The fraction of sp³-hybridized carbons (Fsp3) is 0.417. The van der Waals surface area contributed by atoms with Crippen molar-refractivity contribution in [1.29, 1.82) is 0 Å². The van der Waals surface area contributed by atoms with Gasteiger partial charge in [0.15, 0.2) is 0 Å². The van der Waals surface area contributed by atoms with Crippen LogP contribution in [-0.2, 0) is 14.8 Å². The molecule has 0 aliphatic rings. The molecule has 1 aromatic carbocycles. The number of carbonyl (C=O) groups excluding carboxylic acids is 1. The Kier molecular flexibility index (Phi) is 5.34. The molecule has 5 N–H and O–H groups in total. The zero-order valence-corrected chi connectivity index (χ0v) is 12.4. The lowest BCUT2D eigenvalue weighted by molar-refractivity contribution is -0.119. The number of hydrogen-bond donors (Lipinski definition) is 3. The molecule has 0 aromatic heterocycles. The highest BCUT2D eigenvalue weighted by Gasteiger charge is 2.19. The molecule has 0 saturated heterocycles. The summed E-state index contributed by atoms with van der Waals surface area (Å²) in [6.45, 7) is 2.63. The summed E-state index contributed by atoms with van der Waals surface area (Å²) in [6.07, 6.45) is 0.788. The summed E-state index contributed by atoms with van der Waals surface area (Å²) >= 11 is 0. The number of nitrogen functional groups attached to an aromatic ring is 1. The van der Waals surface area contributed by atoms with Gasteiger partial charge in [0.1, 0.15) is 4.90 Å². The average Bonchev–Trinajstić information content (AvgIpc) is 2.37. The summed E-state index contributed by atoms with van der Waals surface area (Å²) in [6, 6.07) is 4.57. The van der Waals surface area contributed by atoms with E-state index in [9.17, 15) is 13.2 Å². The predicted molar refractivity (Wildman–Crippen MR) is 78.8 cm³/mol. The number of hydrogen-bond acceptors (Lipinski definition) is 5. The molecule has 112 valence electrons. The molecule has 1 aromatic rings. The van der Waals surface area contributed by atoms with E-state index in [0.29, 0.717) is 12.2 Å². The molecule has 8 heteroatoms. The molecule has 7 nitrogen and oxygen atoms in total. The quantitative estimate of drug-likeness (QED) is 0.633. The first-order valence-electron chi connectivity index (χ1n) is 6.18. The fourth-order valence-corrected chi connectivity index (χ4v) is 2.54. The van der Waals surface area contributed by atoms with Crippen molar-refractivity contribution < 1.29 is 13.2 Å². The van der Waals surface area contributed by atoms with E-state index in [2.05, 4.69) is 5.32 Å². The van der Waals surface area contributed by atoms with Crippen molar-refractivity contribution >= 4 is 27.3 Å². The van der Waals surface area contributed by atoms with Crippen LogP contribution in [0.1, 0.15) is 13.3 Å². The van der Waals surface area contributed by atoms with E-state index in [1.165, 1.54) is 13.1 Å². The van der Waals surface area contributed by atoms with Crippen molar-refractivity contribution in [1.82, 2.24) is 5.32 Å². The van der Waals surface area contributed by atoms with Gasteiger partial charge in [-0.3, -0.25) is 4.79 Å². The Bertz CT molecular complexity index is 586. The molecule has 0 radical (unpaired) electrons. The second kappa shape index (κ2) is 6.58. The third-order valence-corrected chi connectivity index (χ3v) is 3.77. The van der Waals surface area contributed by atoms with E-state index in [4.69, 9.17) is 10.9 Å². The topological polar surface area (TPSA) is 119 Å². The number of sulfonamides is 1. The molecule has 0 heterocycles. The number of anilines is 2. The van der Waals surface area contributed by atoms with E-state index in [1.807, 2.05) is 6.92 Å². The molecule has 0 unspecified atom stereocenters. The molecule has 20 heavy (non-hydrogen) atoms. The van der Waals surface area contributed by atoms with Gasteiger partial charge in [-0.1, -0.05) is 13.0 Å². The Hall–Kier alpha value is -1.80. The van der Waals surface area contributed by atoms with Crippen LogP contribution < -0.4 is 21.1 Å². The highest BCUT2D eigenvalue weighted by atomic mass is 32.2. The van der Waals surface area contributed by atoms with Crippen LogP contribution in [0.25, 0.3) is 0 Å². The van der Waals surface area contributed by atoms with Crippen LogP contribution in [-0.4, -0.2) is 34.5 Å². The van der Waals surface area contributed by atoms with Gasteiger partial charge in [0.2, 0.25) is 15.9 Å². The molecular formula is C12H20N4O3S. The summed E-state index contributed by atoms with van der Waals surface area (Å²) in [5.41, 5.74) is 6.44. The highest BCUT2D eigenvalue weighted by molar-refractivity contribution is 7.89. The summed E-state index contributed by atoms with van der Waals surface area (Å²) in [7, 11) is -2.35. The molecular weight excluding hydrogens is 280 g/mol. The first-order chi connectivity index (χ1) is 9.31. The number of nitrogens with zero attached hydrogens (tertiary/aromatic N) is 1. The largest absolute Gasteiger partial charge is 0.396 e. The maximum Gasteiger partial charge on any atom is 0.240 e. The van der Waals surface area contributed by atoms with Gasteiger partial charge in [0.05, 0.1) is 17.9 Å². The number of carbonyl (C=O) groups is 1. The van der Waals surface area contributed by atoms with E-state index >= 15 is 0 Å². The lowest BCUT2D eigenvalue weighted by atomic mass is 10.2. The third kappa shape index (κ3) is 3.84. The fourth-order valence-electron chi connectivity index (χ4n) is 1.86. The first-order valence-corrected chi connectivity index (χ1v) is 7.72. The lowest BCUT2D eigenvalue weighted by Crippen LogP contribution is -2.36. The minimum Gasteiger partial charge on any atom is -0.396 e. The van der Waals surface area contributed by atoms with Gasteiger partial charge in [0.25, 0.3) is 0 Å². The Labute approximate surface area is 119 Å². The Balaban J connectivity index is 3.24. The van der Waals surface area contributed by atoms with Crippen LogP contribution >= 0.6 is 0 Å². The number of nitrogens with two attached hydrogens (primary N) is 2. The van der Waals surface area contributed by atoms with Crippen LogP contribution in [0.2, 0.25) is 0 Å². The molecule has 0 bridgehead atoms. The van der Waals surface area contributed by atoms with E-state index < -0.39 is 10.0 Å². The summed E-state index contributed by atoms with van der Waals surface area (Å²) in [5, 5.41) is 7.65. The first kappa shape index (κ1) is 16.3. The van der Waals surface area contributed by atoms with Crippen molar-refractivity contribution in [3.05, 3.63) is 18.2 Å². The SMILES string of the molecule is CCCN(CC(=O)NC)c1cccc(S(N)(=O)=O)c1N. The molecule has 0 spiro atoms. The molecule has 0 aliphatic heterocycles. The van der Waals surface area contributed by atoms with Crippen LogP contribution in [0.15, 0.2) is 23.1 Å². The monoisotopic (exact) mass is 300 g/mol. The normalized spacial score (nSPS) is 11.2. The van der Waals surface area contributed by atoms with Crippen LogP contribution in [0.5, 0.6) is 0 Å². The molecule has 0 aliphatic carbocycles. The minimum absolute atomic E-state index is 0.0624. The number of rotatable bonds is 6. The minimum atomic E-state index is -3.89. The van der Waals surface area contributed by atoms with Gasteiger partial charge >= 0.3 is 0 Å². The lowest BCUT2D eigenvalue weighted by Gasteiger charge is -2.25. The molecule has 1 amide bonds. The summed E-state index contributed by atoms with van der Waals surface area (Å²) < 4.78 is 22.9. The molecule has 0 saturated carbocycles. The number of primary sulfonamides is 1. The van der Waals surface area contributed by atoms with Crippen LogP contribution in [0.3, 0.4) is 0 Å². The third-order valence-electron chi connectivity index (χ3n) is 2.80. The van der Waals surface area contributed by atoms with Crippen LogP contribution in [0, 0.1) is 0 Å². The number of likely N-dealkylation sites (N-methyl/N-ethyl adjacent to an activating group) is 1. The summed E-state index contributed by atoms with van der Waals surface area (Å²) in [4.78, 5) is 13.1. The predicted octanol–water partition coefficient (Wildman–Crippen LogP) is -0.121. The van der Waals surface area contributed by atoms with Gasteiger partial charge in [-0.15, -0.1) is 0 Å². The number of benzene rings is 1. The van der Waals surface area contributed by atoms with Crippen molar-refractivity contribution in [3.8, 4) is 0 Å².